The van der Waals surface area contributed by atoms with E-state index in [0.29, 0.717) is 17.8 Å². The van der Waals surface area contributed by atoms with Crippen LogP contribution < -0.4 is 10.1 Å². The van der Waals surface area contributed by atoms with E-state index in [-0.39, 0.29) is 0 Å². The van der Waals surface area contributed by atoms with E-state index in [4.69, 9.17) is 4.74 Å². The van der Waals surface area contributed by atoms with Crippen LogP contribution in [0.4, 0.5) is 0 Å². The molecular formula is C17H29NO. The largest absolute Gasteiger partial charge is 0.497 e. The molecule has 0 fully saturated rings. The molecule has 1 N–H and O–H groups in total. The molecule has 1 rings (SSSR count). The fourth-order valence-corrected chi connectivity index (χ4v) is 2.31. The summed E-state index contributed by atoms with van der Waals surface area (Å²) in [5, 5.41) is 3.60. The van der Waals surface area contributed by atoms with Crippen molar-refractivity contribution in [1.29, 1.82) is 0 Å². The van der Waals surface area contributed by atoms with E-state index in [1.165, 1.54) is 12.0 Å². The lowest BCUT2D eigenvalue weighted by molar-refractivity contribution is 0.404. The maximum Gasteiger partial charge on any atom is 0.118 e. The van der Waals surface area contributed by atoms with Crippen molar-refractivity contribution < 1.29 is 4.74 Å². The van der Waals surface area contributed by atoms with Crippen molar-refractivity contribution in [2.45, 2.75) is 40.0 Å². The Bertz CT molecular complexity index is 345. The highest BCUT2D eigenvalue weighted by atomic mass is 16.5. The lowest BCUT2D eigenvalue weighted by Crippen LogP contribution is -2.28. The Morgan fingerprint density at radius 3 is 2.16 bits per heavy atom. The van der Waals surface area contributed by atoms with Crippen LogP contribution in [-0.2, 0) is 0 Å². The van der Waals surface area contributed by atoms with Crippen LogP contribution >= 0.6 is 0 Å². The molecule has 0 saturated heterocycles. The van der Waals surface area contributed by atoms with Crippen LogP contribution in [0.3, 0.4) is 0 Å². The van der Waals surface area contributed by atoms with Crippen LogP contribution in [0.5, 0.6) is 5.75 Å². The van der Waals surface area contributed by atoms with Gasteiger partial charge in [-0.05, 0) is 42.0 Å². The van der Waals surface area contributed by atoms with Gasteiger partial charge in [-0.3, -0.25) is 0 Å². The van der Waals surface area contributed by atoms with Gasteiger partial charge in [0.05, 0.1) is 7.11 Å². The van der Waals surface area contributed by atoms with Gasteiger partial charge < -0.3 is 10.1 Å². The van der Waals surface area contributed by atoms with Gasteiger partial charge in [0.2, 0.25) is 0 Å². The third-order valence-electron chi connectivity index (χ3n) is 3.79. The molecule has 0 amide bonds. The van der Waals surface area contributed by atoms with Crippen molar-refractivity contribution in [3.05, 3.63) is 29.8 Å². The van der Waals surface area contributed by atoms with Crippen molar-refractivity contribution in [3.8, 4) is 5.75 Å². The number of nitrogens with one attached hydrogen (secondary N) is 1. The monoisotopic (exact) mass is 263 g/mol. The zero-order chi connectivity index (χ0) is 14.3. The van der Waals surface area contributed by atoms with Gasteiger partial charge >= 0.3 is 0 Å². The minimum atomic E-state index is 0.578. The first-order chi connectivity index (χ1) is 9.08. The summed E-state index contributed by atoms with van der Waals surface area (Å²) in [5.74, 6) is 2.90. The van der Waals surface area contributed by atoms with Crippen LogP contribution in [0, 0.1) is 11.8 Å². The summed E-state index contributed by atoms with van der Waals surface area (Å²) in [7, 11) is 1.71. The molecule has 2 heteroatoms. The molecule has 0 heterocycles. The normalized spacial score (nSPS) is 14.4. The third kappa shape index (κ3) is 5.23. The van der Waals surface area contributed by atoms with Crippen LogP contribution in [0.25, 0.3) is 0 Å². The summed E-state index contributed by atoms with van der Waals surface area (Å²) in [6.45, 7) is 11.2. The molecule has 1 aromatic rings. The molecule has 0 radical (unpaired) electrons. The Morgan fingerprint density at radius 2 is 1.68 bits per heavy atom. The third-order valence-corrected chi connectivity index (χ3v) is 3.79. The van der Waals surface area contributed by atoms with Crippen LogP contribution in [0.15, 0.2) is 24.3 Å². The fourth-order valence-electron chi connectivity index (χ4n) is 2.31. The van der Waals surface area contributed by atoms with Crippen molar-refractivity contribution in [2.75, 3.05) is 20.2 Å². The number of methoxy groups -OCH3 is 1. The summed E-state index contributed by atoms with van der Waals surface area (Å²) < 4.78 is 5.23. The van der Waals surface area contributed by atoms with Crippen LogP contribution in [0.1, 0.15) is 45.6 Å². The van der Waals surface area contributed by atoms with Gasteiger partial charge in [-0.1, -0.05) is 46.2 Å². The number of rotatable bonds is 8. The molecule has 2 unspecified atom stereocenters. The summed E-state index contributed by atoms with van der Waals surface area (Å²) in [5.41, 5.74) is 1.41. The Labute approximate surface area is 118 Å². The van der Waals surface area contributed by atoms with Gasteiger partial charge in [0.15, 0.2) is 0 Å². The zero-order valence-corrected chi connectivity index (χ0v) is 13.1. The molecule has 108 valence electrons. The molecule has 19 heavy (non-hydrogen) atoms. The van der Waals surface area contributed by atoms with Crippen molar-refractivity contribution >= 4 is 0 Å². The average molecular weight is 263 g/mol. The van der Waals surface area contributed by atoms with Gasteiger partial charge in [-0.2, -0.15) is 0 Å². The predicted molar refractivity (Wildman–Crippen MR) is 82.9 cm³/mol. The maximum absolute atomic E-state index is 5.23. The Morgan fingerprint density at radius 1 is 1.05 bits per heavy atom. The molecule has 1 aromatic carbocycles. The first-order valence-corrected chi connectivity index (χ1v) is 7.43. The maximum atomic E-state index is 5.23. The highest BCUT2D eigenvalue weighted by Crippen LogP contribution is 2.27. The predicted octanol–water partition coefficient (Wildman–Crippen LogP) is 4.07. The number of benzene rings is 1. The molecule has 0 aliphatic carbocycles. The first-order valence-electron chi connectivity index (χ1n) is 7.43. The lowest BCUT2D eigenvalue weighted by atomic mass is 9.85. The standard InChI is InChI=1S/C17H29NO/c1-6-14(4)17(12-18-11-13(2)3)15-7-9-16(19-5)10-8-15/h7-10,13-14,17-18H,6,11-12H2,1-5H3. The van der Waals surface area contributed by atoms with Gasteiger partial charge in [0.25, 0.3) is 0 Å². The average Bonchev–Trinajstić information content (AvgIpc) is 2.43. The molecule has 0 aromatic heterocycles. The van der Waals surface area contributed by atoms with E-state index in [9.17, 15) is 0 Å². The highest BCUT2D eigenvalue weighted by molar-refractivity contribution is 5.30. The van der Waals surface area contributed by atoms with Crippen molar-refractivity contribution in [3.63, 3.8) is 0 Å². The fraction of sp³-hybridized carbons (Fsp3) is 0.647. The molecule has 0 spiro atoms. The summed E-state index contributed by atoms with van der Waals surface area (Å²) >= 11 is 0. The molecule has 2 nitrogen and oxygen atoms in total. The first kappa shape index (κ1) is 16.0. The van der Waals surface area contributed by atoms with Crippen LogP contribution in [-0.4, -0.2) is 20.2 Å². The molecular weight excluding hydrogens is 234 g/mol. The lowest BCUT2D eigenvalue weighted by Gasteiger charge is -2.24. The van der Waals surface area contributed by atoms with Crippen LogP contribution in [0.2, 0.25) is 0 Å². The number of hydrogen-bond acceptors (Lipinski definition) is 2. The SMILES string of the molecule is CCC(C)C(CNCC(C)C)c1ccc(OC)cc1. The van der Waals surface area contributed by atoms with E-state index in [0.717, 1.165) is 18.8 Å². The Kier molecular flexibility index (Phi) is 6.93. The molecule has 0 aliphatic heterocycles. The number of ether oxygens (including phenoxy) is 1. The second kappa shape index (κ2) is 8.21. The van der Waals surface area contributed by atoms with E-state index in [2.05, 4.69) is 57.3 Å². The van der Waals surface area contributed by atoms with Gasteiger partial charge in [0, 0.05) is 6.54 Å². The summed E-state index contributed by atoms with van der Waals surface area (Å²) in [4.78, 5) is 0. The molecule has 0 saturated carbocycles. The second-order valence-electron chi connectivity index (χ2n) is 5.82. The molecule has 0 bridgehead atoms. The van der Waals surface area contributed by atoms with Gasteiger partial charge in [-0.25, -0.2) is 0 Å². The van der Waals surface area contributed by atoms with Crippen molar-refractivity contribution in [1.82, 2.24) is 5.32 Å². The molecule has 0 aliphatic rings. The number of hydrogen-bond donors (Lipinski definition) is 1. The molecule has 2 atom stereocenters. The zero-order valence-electron chi connectivity index (χ0n) is 13.1. The summed E-state index contributed by atoms with van der Waals surface area (Å²) in [6.07, 6.45) is 1.21. The highest BCUT2D eigenvalue weighted by Gasteiger charge is 2.17. The quantitative estimate of drug-likeness (QED) is 0.763. The van der Waals surface area contributed by atoms with Crippen molar-refractivity contribution in [2.24, 2.45) is 11.8 Å². The van der Waals surface area contributed by atoms with Gasteiger partial charge in [0.1, 0.15) is 5.75 Å². The second-order valence-corrected chi connectivity index (χ2v) is 5.82. The minimum Gasteiger partial charge on any atom is -0.497 e. The van der Waals surface area contributed by atoms with E-state index in [1.54, 1.807) is 7.11 Å². The van der Waals surface area contributed by atoms with E-state index in [1.807, 2.05) is 0 Å². The Balaban J connectivity index is 2.71. The van der Waals surface area contributed by atoms with E-state index < -0.39 is 0 Å². The summed E-state index contributed by atoms with van der Waals surface area (Å²) in [6, 6.07) is 8.53. The smallest absolute Gasteiger partial charge is 0.118 e. The minimum absolute atomic E-state index is 0.578. The topological polar surface area (TPSA) is 21.3 Å². The van der Waals surface area contributed by atoms with E-state index >= 15 is 0 Å². The Hall–Kier alpha value is -1.02. The van der Waals surface area contributed by atoms with Gasteiger partial charge in [-0.15, -0.1) is 0 Å².